The van der Waals surface area contributed by atoms with Crippen molar-refractivity contribution in [2.45, 2.75) is 19.9 Å². The molecule has 2 aromatic rings. The fourth-order valence-corrected chi connectivity index (χ4v) is 1.62. The van der Waals surface area contributed by atoms with Gasteiger partial charge in [0, 0.05) is 0 Å². The van der Waals surface area contributed by atoms with Crippen LogP contribution in [-0.2, 0) is 6.54 Å². The second kappa shape index (κ2) is 6.11. The maximum atomic E-state index is 5.12. The summed E-state index contributed by atoms with van der Waals surface area (Å²) in [5.41, 5.74) is 0.925. The first-order chi connectivity index (χ1) is 8.85. The van der Waals surface area contributed by atoms with Crippen LogP contribution in [0.15, 0.2) is 24.3 Å². The molecule has 0 amide bonds. The van der Waals surface area contributed by atoms with E-state index in [-0.39, 0.29) is 0 Å². The van der Waals surface area contributed by atoms with Crippen molar-refractivity contribution in [2.75, 3.05) is 13.7 Å². The molecule has 96 valence electrons. The van der Waals surface area contributed by atoms with Gasteiger partial charge in [0.15, 0.2) is 5.82 Å². The number of rotatable bonds is 6. The molecule has 1 N–H and O–H groups in total. The van der Waals surface area contributed by atoms with Crippen LogP contribution < -0.4 is 10.1 Å². The van der Waals surface area contributed by atoms with E-state index in [1.165, 1.54) is 0 Å². The molecule has 6 nitrogen and oxygen atoms in total. The zero-order valence-corrected chi connectivity index (χ0v) is 10.6. The molecule has 0 aliphatic carbocycles. The minimum Gasteiger partial charge on any atom is -0.497 e. The first kappa shape index (κ1) is 12.5. The summed E-state index contributed by atoms with van der Waals surface area (Å²) in [7, 11) is 1.64. The predicted molar refractivity (Wildman–Crippen MR) is 67.7 cm³/mol. The largest absolute Gasteiger partial charge is 0.497 e. The van der Waals surface area contributed by atoms with Gasteiger partial charge in [0.05, 0.1) is 19.3 Å². The van der Waals surface area contributed by atoms with Crippen molar-refractivity contribution < 1.29 is 4.74 Å². The number of tetrazole rings is 1. The van der Waals surface area contributed by atoms with Crippen LogP contribution in [0.3, 0.4) is 0 Å². The van der Waals surface area contributed by atoms with E-state index in [2.05, 4.69) is 27.8 Å². The molecule has 18 heavy (non-hydrogen) atoms. The fourth-order valence-electron chi connectivity index (χ4n) is 1.62. The van der Waals surface area contributed by atoms with Crippen LogP contribution in [0.4, 0.5) is 0 Å². The topological polar surface area (TPSA) is 64.9 Å². The lowest BCUT2D eigenvalue weighted by Gasteiger charge is -2.06. The Balaban J connectivity index is 2.14. The van der Waals surface area contributed by atoms with Gasteiger partial charge in [-0.3, -0.25) is 0 Å². The van der Waals surface area contributed by atoms with Gasteiger partial charge in [-0.15, -0.1) is 5.10 Å². The van der Waals surface area contributed by atoms with Crippen molar-refractivity contribution in [3.05, 3.63) is 30.1 Å². The number of aromatic nitrogens is 4. The first-order valence-corrected chi connectivity index (χ1v) is 5.97. The molecule has 0 bridgehead atoms. The van der Waals surface area contributed by atoms with Gasteiger partial charge in [-0.25, -0.2) is 0 Å². The first-order valence-electron chi connectivity index (χ1n) is 5.97. The Morgan fingerprint density at radius 1 is 1.28 bits per heavy atom. The number of ether oxygens (including phenoxy) is 1. The number of hydrogen-bond donors (Lipinski definition) is 1. The van der Waals surface area contributed by atoms with E-state index >= 15 is 0 Å². The molecule has 6 heteroatoms. The van der Waals surface area contributed by atoms with Gasteiger partial charge in [-0.1, -0.05) is 6.92 Å². The summed E-state index contributed by atoms with van der Waals surface area (Å²) < 4.78 is 6.85. The van der Waals surface area contributed by atoms with Gasteiger partial charge in [0.1, 0.15) is 5.75 Å². The lowest BCUT2D eigenvalue weighted by molar-refractivity contribution is 0.414. The predicted octanol–water partition coefficient (Wildman–Crippen LogP) is 1.17. The summed E-state index contributed by atoms with van der Waals surface area (Å²) in [6, 6.07) is 7.64. The molecule has 1 aromatic heterocycles. The second-order valence-electron chi connectivity index (χ2n) is 3.88. The van der Waals surface area contributed by atoms with E-state index in [4.69, 9.17) is 4.74 Å². The maximum Gasteiger partial charge on any atom is 0.170 e. The Kier molecular flexibility index (Phi) is 4.25. The van der Waals surface area contributed by atoms with Crippen molar-refractivity contribution >= 4 is 0 Å². The van der Waals surface area contributed by atoms with Gasteiger partial charge in [0.2, 0.25) is 0 Å². The molecular weight excluding hydrogens is 230 g/mol. The third-order valence-corrected chi connectivity index (χ3v) is 2.56. The fraction of sp³-hybridized carbons (Fsp3) is 0.417. The highest BCUT2D eigenvalue weighted by molar-refractivity contribution is 5.36. The van der Waals surface area contributed by atoms with Crippen LogP contribution in [-0.4, -0.2) is 33.9 Å². The van der Waals surface area contributed by atoms with E-state index < -0.39 is 0 Å². The van der Waals surface area contributed by atoms with Crippen LogP contribution in [0.25, 0.3) is 5.69 Å². The molecule has 0 saturated heterocycles. The number of hydrogen-bond acceptors (Lipinski definition) is 5. The van der Waals surface area contributed by atoms with Gasteiger partial charge in [0.25, 0.3) is 0 Å². The highest BCUT2D eigenvalue weighted by Gasteiger charge is 2.07. The van der Waals surface area contributed by atoms with E-state index in [0.29, 0.717) is 6.54 Å². The van der Waals surface area contributed by atoms with Crippen LogP contribution in [0.1, 0.15) is 19.2 Å². The molecule has 0 atom stereocenters. The monoisotopic (exact) mass is 247 g/mol. The van der Waals surface area contributed by atoms with Crippen LogP contribution in [0.2, 0.25) is 0 Å². The Bertz CT molecular complexity index is 479. The Hall–Kier alpha value is -1.95. The third kappa shape index (κ3) is 2.84. The summed E-state index contributed by atoms with van der Waals surface area (Å²) >= 11 is 0. The Morgan fingerprint density at radius 3 is 2.72 bits per heavy atom. The Labute approximate surface area is 106 Å². The highest BCUT2D eigenvalue weighted by atomic mass is 16.5. The van der Waals surface area contributed by atoms with E-state index in [1.54, 1.807) is 11.8 Å². The van der Waals surface area contributed by atoms with Crippen molar-refractivity contribution in [2.24, 2.45) is 0 Å². The SMILES string of the molecule is CCCNCc1nnnn1-c1ccc(OC)cc1. The molecule has 0 unspecified atom stereocenters. The lowest BCUT2D eigenvalue weighted by atomic mass is 10.3. The molecule has 0 saturated carbocycles. The number of methoxy groups -OCH3 is 1. The highest BCUT2D eigenvalue weighted by Crippen LogP contribution is 2.14. The number of nitrogens with zero attached hydrogens (tertiary/aromatic N) is 4. The van der Waals surface area contributed by atoms with Gasteiger partial charge in [-0.2, -0.15) is 4.68 Å². The normalized spacial score (nSPS) is 10.6. The number of benzene rings is 1. The molecule has 0 aliphatic rings. The molecule has 1 heterocycles. The van der Waals surface area contributed by atoms with Crippen molar-refractivity contribution in [3.8, 4) is 11.4 Å². The molecular formula is C12H17N5O. The summed E-state index contributed by atoms with van der Waals surface area (Å²) in [5, 5.41) is 15.0. The third-order valence-electron chi connectivity index (χ3n) is 2.56. The lowest BCUT2D eigenvalue weighted by Crippen LogP contribution is -2.17. The smallest absolute Gasteiger partial charge is 0.170 e. The average Bonchev–Trinajstić information content (AvgIpc) is 2.88. The molecule has 0 radical (unpaired) electrons. The van der Waals surface area contributed by atoms with E-state index in [9.17, 15) is 0 Å². The van der Waals surface area contributed by atoms with Gasteiger partial charge < -0.3 is 10.1 Å². The molecule has 0 aliphatic heterocycles. The van der Waals surface area contributed by atoms with Gasteiger partial charge >= 0.3 is 0 Å². The van der Waals surface area contributed by atoms with Crippen molar-refractivity contribution in [1.82, 2.24) is 25.5 Å². The van der Waals surface area contributed by atoms with Crippen LogP contribution >= 0.6 is 0 Å². The van der Waals surface area contributed by atoms with Crippen LogP contribution in [0, 0.1) is 0 Å². The van der Waals surface area contributed by atoms with Crippen LogP contribution in [0.5, 0.6) is 5.75 Å². The van der Waals surface area contributed by atoms with Crippen molar-refractivity contribution in [1.29, 1.82) is 0 Å². The second-order valence-corrected chi connectivity index (χ2v) is 3.88. The minimum atomic E-state index is 0.660. The summed E-state index contributed by atoms with van der Waals surface area (Å²) in [6.07, 6.45) is 1.09. The Morgan fingerprint density at radius 2 is 2.06 bits per heavy atom. The molecule has 1 aromatic carbocycles. The zero-order valence-electron chi connectivity index (χ0n) is 10.6. The maximum absolute atomic E-state index is 5.12. The molecule has 2 rings (SSSR count). The number of nitrogens with one attached hydrogen (secondary N) is 1. The summed E-state index contributed by atoms with van der Waals surface area (Å²) in [5.74, 6) is 1.62. The zero-order chi connectivity index (χ0) is 12.8. The molecule has 0 spiro atoms. The molecule has 0 fully saturated rings. The summed E-state index contributed by atoms with van der Waals surface area (Å²) in [4.78, 5) is 0. The van der Waals surface area contributed by atoms with E-state index in [0.717, 1.165) is 30.2 Å². The summed E-state index contributed by atoms with van der Waals surface area (Å²) in [6.45, 7) is 3.74. The minimum absolute atomic E-state index is 0.660. The van der Waals surface area contributed by atoms with E-state index in [1.807, 2.05) is 24.3 Å². The standard InChI is InChI=1S/C12H17N5O/c1-3-8-13-9-12-14-15-16-17(12)10-4-6-11(18-2)7-5-10/h4-7,13H,3,8-9H2,1-2H3. The van der Waals surface area contributed by atoms with Crippen molar-refractivity contribution in [3.63, 3.8) is 0 Å². The average molecular weight is 247 g/mol. The van der Waals surface area contributed by atoms with Gasteiger partial charge in [-0.05, 0) is 47.7 Å². The quantitative estimate of drug-likeness (QED) is 0.776.